The highest BCUT2D eigenvalue weighted by Gasteiger charge is 2.15. The minimum Gasteiger partial charge on any atom is -0.369 e. The molecule has 0 amide bonds. The van der Waals surface area contributed by atoms with E-state index in [1.54, 1.807) is 6.07 Å². The molecule has 1 fully saturated rings. The van der Waals surface area contributed by atoms with Crippen molar-refractivity contribution in [3.63, 3.8) is 0 Å². The molecule has 14 heavy (non-hydrogen) atoms. The molecule has 76 valence electrons. The van der Waals surface area contributed by atoms with Crippen molar-refractivity contribution in [1.82, 2.24) is 0 Å². The van der Waals surface area contributed by atoms with E-state index in [9.17, 15) is 4.39 Å². The van der Waals surface area contributed by atoms with E-state index < -0.39 is 0 Å². The molecule has 1 nitrogen and oxygen atoms in total. The van der Waals surface area contributed by atoms with E-state index in [4.69, 9.17) is 0 Å². The fraction of sp³-hybridized carbons (Fsp3) is 0.500. The second-order valence-electron chi connectivity index (χ2n) is 3.83. The number of halogens is 1. The van der Waals surface area contributed by atoms with Gasteiger partial charge in [0.2, 0.25) is 0 Å². The lowest BCUT2D eigenvalue weighted by Crippen LogP contribution is -2.18. The molecule has 2 rings (SSSR count). The number of nitrogens with zero attached hydrogens (tertiary/aromatic N) is 1. The molecule has 1 heterocycles. The maximum atomic E-state index is 13.6. The predicted octanol–water partition coefficient (Wildman–Crippen LogP) is 2.99. The van der Waals surface area contributed by atoms with Gasteiger partial charge >= 0.3 is 0 Å². The van der Waals surface area contributed by atoms with Crippen LogP contribution in [0.25, 0.3) is 0 Å². The van der Waals surface area contributed by atoms with Crippen LogP contribution in [-0.2, 0) is 6.42 Å². The molecule has 0 atom stereocenters. The van der Waals surface area contributed by atoms with E-state index in [-0.39, 0.29) is 5.82 Å². The quantitative estimate of drug-likeness (QED) is 0.698. The average Bonchev–Trinajstić information content (AvgIpc) is 2.70. The number of hydrogen-bond donors (Lipinski definition) is 0. The summed E-state index contributed by atoms with van der Waals surface area (Å²) in [5.74, 6) is -0.0637. The summed E-state index contributed by atoms with van der Waals surface area (Å²) < 4.78 is 13.6. The van der Waals surface area contributed by atoms with Crippen molar-refractivity contribution in [3.05, 3.63) is 29.6 Å². The van der Waals surface area contributed by atoms with Gasteiger partial charge in [0.25, 0.3) is 0 Å². The molecule has 0 spiro atoms. The highest BCUT2D eigenvalue weighted by atomic mass is 19.1. The van der Waals surface area contributed by atoms with Crippen molar-refractivity contribution in [2.45, 2.75) is 26.2 Å². The molecule has 1 aromatic carbocycles. The lowest BCUT2D eigenvalue weighted by atomic mass is 10.1. The molecule has 0 N–H and O–H groups in total. The number of aryl methyl sites for hydroxylation is 1. The van der Waals surface area contributed by atoms with Crippen LogP contribution in [-0.4, -0.2) is 13.1 Å². The van der Waals surface area contributed by atoms with Gasteiger partial charge in [-0.05, 0) is 37.0 Å². The summed E-state index contributed by atoms with van der Waals surface area (Å²) in [6, 6.07) is 5.60. The summed E-state index contributed by atoms with van der Waals surface area (Å²) in [6.45, 7) is 4.05. The third-order valence-corrected chi connectivity index (χ3v) is 2.87. The fourth-order valence-electron chi connectivity index (χ4n) is 1.98. The maximum absolute atomic E-state index is 13.6. The zero-order valence-corrected chi connectivity index (χ0v) is 8.59. The van der Waals surface area contributed by atoms with Gasteiger partial charge in [0.15, 0.2) is 0 Å². The number of hydrogen-bond acceptors (Lipinski definition) is 1. The molecule has 1 aliphatic heterocycles. The average molecular weight is 193 g/mol. The van der Waals surface area contributed by atoms with Gasteiger partial charge < -0.3 is 4.90 Å². The van der Waals surface area contributed by atoms with Crippen LogP contribution < -0.4 is 4.90 Å². The molecule has 1 aromatic rings. The number of benzene rings is 1. The monoisotopic (exact) mass is 193 g/mol. The fourth-order valence-corrected chi connectivity index (χ4v) is 1.98. The zero-order chi connectivity index (χ0) is 9.97. The Balaban J connectivity index is 2.25. The van der Waals surface area contributed by atoms with Crippen molar-refractivity contribution in [2.24, 2.45) is 0 Å². The van der Waals surface area contributed by atoms with Gasteiger partial charge in [0.1, 0.15) is 5.82 Å². The Morgan fingerprint density at radius 3 is 2.57 bits per heavy atom. The third kappa shape index (κ3) is 1.74. The van der Waals surface area contributed by atoms with Crippen LogP contribution in [0.3, 0.4) is 0 Å². The summed E-state index contributed by atoms with van der Waals surface area (Å²) >= 11 is 0. The van der Waals surface area contributed by atoms with E-state index in [1.165, 1.54) is 12.8 Å². The Bertz CT molecular complexity index is 316. The van der Waals surface area contributed by atoms with Crippen LogP contribution in [0.1, 0.15) is 25.3 Å². The van der Waals surface area contributed by atoms with Crippen LogP contribution in [0.15, 0.2) is 18.2 Å². The minimum absolute atomic E-state index is 0.0637. The van der Waals surface area contributed by atoms with Gasteiger partial charge in [0.05, 0.1) is 5.69 Å². The summed E-state index contributed by atoms with van der Waals surface area (Å²) in [4.78, 5) is 2.13. The second kappa shape index (κ2) is 3.99. The molecule has 0 aliphatic carbocycles. The van der Waals surface area contributed by atoms with Gasteiger partial charge in [-0.2, -0.15) is 0 Å². The SMILES string of the molecule is CCc1ccc(N2CCCC2)c(F)c1. The largest absolute Gasteiger partial charge is 0.369 e. The van der Waals surface area contributed by atoms with Crippen molar-refractivity contribution >= 4 is 5.69 Å². The van der Waals surface area contributed by atoms with Crippen LogP contribution in [0.2, 0.25) is 0 Å². The highest BCUT2D eigenvalue weighted by molar-refractivity contribution is 5.49. The van der Waals surface area contributed by atoms with E-state index in [0.29, 0.717) is 0 Å². The van der Waals surface area contributed by atoms with Gasteiger partial charge in [0, 0.05) is 13.1 Å². The molecule has 0 bridgehead atoms. The Morgan fingerprint density at radius 1 is 1.29 bits per heavy atom. The first kappa shape index (κ1) is 9.50. The lowest BCUT2D eigenvalue weighted by Gasteiger charge is -2.18. The molecule has 0 saturated carbocycles. The summed E-state index contributed by atoms with van der Waals surface area (Å²) in [5.41, 5.74) is 1.85. The molecule has 0 radical (unpaired) electrons. The smallest absolute Gasteiger partial charge is 0.146 e. The third-order valence-electron chi connectivity index (χ3n) is 2.87. The van der Waals surface area contributed by atoms with E-state index in [1.807, 2.05) is 19.1 Å². The van der Waals surface area contributed by atoms with Crippen LogP contribution >= 0.6 is 0 Å². The topological polar surface area (TPSA) is 3.24 Å². The molecule has 1 saturated heterocycles. The molecule has 0 aromatic heterocycles. The summed E-state index contributed by atoms with van der Waals surface area (Å²) in [6.07, 6.45) is 3.28. The maximum Gasteiger partial charge on any atom is 0.146 e. The highest BCUT2D eigenvalue weighted by Crippen LogP contribution is 2.24. The Kier molecular flexibility index (Phi) is 2.71. The van der Waals surface area contributed by atoms with Crippen molar-refractivity contribution < 1.29 is 4.39 Å². The first-order valence-corrected chi connectivity index (χ1v) is 5.34. The first-order valence-electron chi connectivity index (χ1n) is 5.34. The van der Waals surface area contributed by atoms with E-state index >= 15 is 0 Å². The van der Waals surface area contributed by atoms with Crippen molar-refractivity contribution in [3.8, 4) is 0 Å². The van der Waals surface area contributed by atoms with E-state index in [2.05, 4.69) is 4.90 Å². The van der Waals surface area contributed by atoms with Crippen molar-refractivity contribution in [2.75, 3.05) is 18.0 Å². The van der Waals surface area contributed by atoms with Gasteiger partial charge in [-0.25, -0.2) is 4.39 Å². The molecular formula is C12H16FN. The Labute approximate surface area is 84.5 Å². The first-order chi connectivity index (χ1) is 6.81. The van der Waals surface area contributed by atoms with Crippen molar-refractivity contribution in [1.29, 1.82) is 0 Å². The van der Waals surface area contributed by atoms with Gasteiger partial charge in [-0.15, -0.1) is 0 Å². The zero-order valence-electron chi connectivity index (χ0n) is 8.59. The normalized spacial score (nSPS) is 16.3. The summed E-state index contributed by atoms with van der Waals surface area (Å²) in [7, 11) is 0. The molecule has 1 aliphatic rings. The van der Waals surface area contributed by atoms with Crippen LogP contribution in [0, 0.1) is 5.82 Å². The number of anilines is 1. The van der Waals surface area contributed by atoms with Crippen LogP contribution in [0.4, 0.5) is 10.1 Å². The predicted molar refractivity (Wildman–Crippen MR) is 57.2 cm³/mol. The molecule has 0 unspecified atom stereocenters. The Hall–Kier alpha value is -1.05. The molecular weight excluding hydrogens is 177 g/mol. The Morgan fingerprint density at radius 2 is 2.00 bits per heavy atom. The van der Waals surface area contributed by atoms with Gasteiger partial charge in [-0.3, -0.25) is 0 Å². The van der Waals surface area contributed by atoms with E-state index in [0.717, 1.165) is 30.8 Å². The summed E-state index contributed by atoms with van der Waals surface area (Å²) in [5, 5.41) is 0. The standard InChI is InChI=1S/C12H16FN/c1-2-10-5-6-12(11(13)9-10)14-7-3-4-8-14/h5-6,9H,2-4,7-8H2,1H3. The second-order valence-corrected chi connectivity index (χ2v) is 3.83. The lowest BCUT2D eigenvalue weighted by molar-refractivity contribution is 0.621. The van der Waals surface area contributed by atoms with Crippen LogP contribution in [0.5, 0.6) is 0 Å². The minimum atomic E-state index is -0.0637. The van der Waals surface area contributed by atoms with Gasteiger partial charge in [-0.1, -0.05) is 13.0 Å². The number of rotatable bonds is 2. The molecule has 2 heteroatoms.